The number of halogens is 4. The fourth-order valence-corrected chi connectivity index (χ4v) is 3.20. The Bertz CT molecular complexity index is 874. The Hall–Kier alpha value is -2.94. The molecule has 0 aromatic heterocycles. The molecule has 0 bridgehead atoms. The summed E-state index contributed by atoms with van der Waals surface area (Å²) in [6.45, 7) is 0.633. The number of nitrogens with one attached hydrogen (secondary N) is 3. The van der Waals surface area contributed by atoms with Gasteiger partial charge >= 0.3 is 0 Å². The monoisotopic (exact) mass is 395 g/mol. The number of hydrogen-bond donors (Lipinski definition) is 3. The van der Waals surface area contributed by atoms with E-state index in [9.17, 15) is 27.2 Å². The summed E-state index contributed by atoms with van der Waals surface area (Å²) in [6.07, 6.45) is 0.0311. The zero-order chi connectivity index (χ0) is 20.3. The first-order chi connectivity index (χ1) is 13.3. The highest BCUT2D eigenvalue weighted by molar-refractivity contribution is 6.01. The highest BCUT2D eigenvalue weighted by atomic mass is 19.1. The number of amides is 2. The van der Waals surface area contributed by atoms with Crippen LogP contribution in [0.3, 0.4) is 0 Å². The summed E-state index contributed by atoms with van der Waals surface area (Å²) in [5.41, 5.74) is -1.31. The van der Waals surface area contributed by atoms with Crippen LogP contribution in [0.4, 0.5) is 28.9 Å². The van der Waals surface area contributed by atoms with E-state index >= 15 is 0 Å². The van der Waals surface area contributed by atoms with E-state index in [2.05, 4.69) is 16.0 Å². The molecule has 148 valence electrons. The Morgan fingerprint density at radius 3 is 1.82 bits per heavy atom. The normalized spacial score (nSPS) is 18.7. The lowest BCUT2D eigenvalue weighted by Crippen LogP contribution is -2.41. The van der Waals surface area contributed by atoms with Crippen LogP contribution in [0.5, 0.6) is 0 Å². The third-order valence-electron chi connectivity index (χ3n) is 4.49. The van der Waals surface area contributed by atoms with E-state index in [0.29, 0.717) is 25.1 Å². The van der Waals surface area contributed by atoms with Crippen molar-refractivity contribution >= 4 is 23.2 Å². The summed E-state index contributed by atoms with van der Waals surface area (Å²) in [6, 6.07) is 5.18. The lowest BCUT2D eigenvalue weighted by Gasteiger charge is -2.26. The standard InChI is InChI=1S/C19H17F4N3O2/c20-11-3-12(21)6-15(5-11)25-17(27)9-19(1-2-24-10-19)18(28)26-16-7-13(22)4-14(23)8-16/h3-8,24H,1-2,9-10H2,(H,25,27)(H,26,28). The Kier molecular flexibility index (Phi) is 5.64. The summed E-state index contributed by atoms with van der Waals surface area (Å²) in [4.78, 5) is 25.1. The largest absolute Gasteiger partial charge is 0.326 e. The van der Waals surface area contributed by atoms with Gasteiger partial charge in [-0.25, -0.2) is 17.6 Å². The molecule has 1 unspecified atom stereocenters. The molecule has 2 aromatic rings. The average Bonchev–Trinajstić information content (AvgIpc) is 3.02. The third kappa shape index (κ3) is 4.66. The molecule has 1 saturated heterocycles. The van der Waals surface area contributed by atoms with Gasteiger partial charge in [0.15, 0.2) is 0 Å². The fourth-order valence-electron chi connectivity index (χ4n) is 3.20. The fraction of sp³-hybridized carbons (Fsp3) is 0.263. The minimum absolute atomic E-state index is 0.0682. The molecule has 5 nitrogen and oxygen atoms in total. The number of carbonyl (C=O) groups is 2. The first kappa shape index (κ1) is 19.8. The van der Waals surface area contributed by atoms with E-state index in [1.54, 1.807) is 0 Å². The molecule has 9 heteroatoms. The molecular formula is C19H17F4N3O2. The van der Waals surface area contributed by atoms with Crippen molar-refractivity contribution in [3.05, 3.63) is 59.7 Å². The van der Waals surface area contributed by atoms with Crippen molar-refractivity contribution < 1.29 is 27.2 Å². The predicted molar refractivity (Wildman–Crippen MR) is 94.5 cm³/mol. The van der Waals surface area contributed by atoms with Gasteiger partial charge in [-0.3, -0.25) is 9.59 Å². The average molecular weight is 395 g/mol. The van der Waals surface area contributed by atoms with E-state index < -0.39 is 40.5 Å². The molecule has 2 amide bonds. The molecule has 1 heterocycles. The van der Waals surface area contributed by atoms with Crippen LogP contribution in [-0.2, 0) is 9.59 Å². The maximum absolute atomic E-state index is 13.3. The van der Waals surface area contributed by atoms with Crippen molar-refractivity contribution in [2.24, 2.45) is 5.41 Å². The van der Waals surface area contributed by atoms with Crippen LogP contribution in [0.1, 0.15) is 12.8 Å². The zero-order valence-corrected chi connectivity index (χ0v) is 14.6. The molecule has 0 spiro atoms. The molecule has 1 atom stereocenters. The summed E-state index contributed by atoms with van der Waals surface area (Å²) >= 11 is 0. The lowest BCUT2D eigenvalue weighted by atomic mass is 9.82. The van der Waals surface area contributed by atoms with Gasteiger partial charge in [-0.1, -0.05) is 0 Å². The molecule has 2 aromatic carbocycles. The van der Waals surface area contributed by atoms with Crippen LogP contribution in [0.25, 0.3) is 0 Å². The van der Waals surface area contributed by atoms with E-state index in [1.165, 1.54) is 0 Å². The van der Waals surface area contributed by atoms with Gasteiger partial charge in [-0.05, 0) is 37.2 Å². The van der Waals surface area contributed by atoms with E-state index in [-0.39, 0.29) is 24.3 Å². The molecule has 0 saturated carbocycles. The van der Waals surface area contributed by atoms with Crippen molar-refractivity contribution in [3.8, 4) is 0 Å². The topological polar surface area (TPSA) is 70.2 Å². The van der Waals surface area contributed by atoms with Crippen LogP contribution < -0.4 is 16.0 Å². The second-order valence-corrected chi connectivity index (χ2v) is 6.70. The first-order valence-electron chi connectivity index (χ1n) is 8.50. The van der Waals surface area contributed by atoms with Crippen LogP contribution in [-0.4, -0.2) is 24.9 Å². The summed E-state index contributed by atoms with van der Waals surface area (Å²) in [5, 5.41) is 7.78. The van der Waals surface area contributed by atoms with Gasteiger partial charge in [-0.2, -0.15) is 0 Å². The van der Waals surface area contributed by atoms with Crippen LogP contribution in [0, 0.1) is 28.7 Å². The van der Waals surface area contributed by atoms with Gasteiger partial charge in [0, 0.05) is 36.5 Å². The maximum atomic E-state index is 13.3. The number of hydrogen-bond acceptors (Lipinski definition) is 3. The van der Waals surface area contributed by atoms with Gasteiger partial charge in [-0.15, -0.1) is 0 Å². The van der Waals surface area contributed by atoms with Crippen molar-refractivity contribution in [1.82, 2.24) is 5.32 Å². The van der Waals surface area contributed by atoms with E-state index in [4.69, 9.17) is 0 Å². The Morgan fingerprint density at radius 1 is 0.857 bits per heavy atom. The van der Waals surface area contributed by atoms with Crippen LogP contribution >= 0.6 is 0 Å². The van der Waals surface area contributed by atoms with Gasteiger partial charge in [0.25, 0.3) is 0 Å². The number of benzene rings is 2. The van der Waals surface area contributed by atoms with Gasteiger partial charge in [0.1, 0.15) is 23.3 Å². The number of rotatable bonds is 5. The molecule has 1 fully saturated rings. The number of anilines is 2. The Morgan fingerprint density at radius 2 is 1.36 bits per heavy atom. The quantitative estimate of drug-likeness (QED) is 0.681. The minimum Gasteiger partial charge on any atom is -0.326 e. The summed E-state index contributed by atoms with van der Waals surface area (Å²) < 4.78 is 53.2. The Labute approximate surface area is 158 Å². The zero-order valence-electron chi connectivity index (χ0n) is 14.6. The molecule has 1 aliphatic heterocycles. The molecule has 3 rings (SSSR count). The van der Waals surface area contributed by atoms with E-state index in [0.717, 1.165) is 24.3 Å². The van der Waals surface area contributed by atoms with Gasteiger partial charge in [0.05, 0.1) is 5.41 Å². The Balaban J connectivity index is 1.73. The van der Waals surface area contributed by atoms with Crippen molar-refractivity contribution in [3.63, 3.8) is 0 Å². The van der Waals surface area contributed by atoms with Crippen molar-refractivity contribution in [2.75, 3.05) is 23.7 Å². The lowest BCUT2D eigenvalue weighted by molar-refractivity contribution is -0.129. The van der Waals surface area contributed by atoms with Crippen LogP contribution in [0.15, 0.2) is 36.4 Å². The van der Waals surface area contributed by atoms with Gasteiger partial charge in [0.2, 0.25) is 11.8 Å². The molecular weight excluding hydrogens is 378 g/mol. The SMILES string of the molecule is O=C(CC1(C(=O)Nc2cc(F)cc(F)c2)CCNC1)Nc1cc(F)cc(F)c1. The summed E-state index contributed by atoms with van der Waals surface area (Å²) in [7, 11) is 0. The minimum atomic E-state index is -1.17. The highest BCUT2D eigenvalue weighted by Crippen LogP contribution is 2.32. The molecule has 28 heavy (non-hydrogen) atoms. The molecule has 0 radical (unpaired) electrons. The van der Waals surface area contributed by atoms with Crippen molar-refractivity contribution in [1.29, 1.82) is 0 Å². The highest BCUT2D eigenvalue weighted by Gasteiger charge is 2.43. The van der Waals surface area contributed by atoms with E-state index in [1.807, 2.05) is 0 Å². The smallest absolute Gasteiger partial charge is 0.232 e. The third-order valence-corrected chi connectivity index (χ3v) is 4.49. The van der Waals surface area contributed by atoms with Crippen molar-refractivity contribution in [2.45, 2.75) is 12.8 Å². The van der Waals surface area contributed by atoms with Crippen LogP contribution in [0.2, 0.25) is 0 Å². The van der Waals surface area contributed by atoms with Gasteiger partial charge < -0.3 is 16.0 Å². The predicted octanol–water partition coefficient (Wildman–Crippen LogP) is 3.19. The summed E-state index contributed by atoms with van der Waals surface area (Å²) in [5.74, 6) is -4.59. The second-order valence-electron chi connectivity index (χ2n) is 6.70. The molecule has 0 aliphatic carbocycles. The maximum Gasteiger partial charge on any atom is 0.232 e. The molecule has 3 N–H and O–H groups in total. The first-order valence-corrected chi connectivity index (χ1v) is 8.50. The molecule has 1 aliphatic rings. The second kappa shape index (κ2) is 7.97. The number of carbonyl (C=O) groups excluding carboxylic acids is 2.